The molecule has 9 rings (SSSR count). The molecule has 0 radical (unpaired) electrons. The summed E-state index contributed by atoms with van der Waals surface area (Å²) >= 11 is 0. The monoisotopic (exact) mass is 1620 g/mol. The van der Waals surface area contributed by atoms with Crippen molar-refractivity contribution >= 4 is 51.5 Å². The van der Waals surface area contributed by atoms with Gasteiger partial charge in [0, 0.05) is 61.6 Å². The number of benzene rings is 9. The van der Waals surface area contributed by atoms with Crippen molar-refractivity contribution in [1.82, 2.24) is 0 Å². The summed E-state index contributed by atoms with van der Waals surface area (Å²) in [4.78, 5) is 41.4. The number of Topliss-reactive ketones (excluding diaryl/α,β-unsaturated/α-hetero) is 3. The second-order valence-electron chi connectivity index (χ2n) is 29.2. The van der Waals surface area contributed by atoms with Crippen LogP contribution in [0.5, 0.6) is 0 Å². The molecule has 0 amide bonds. The Morgan fingerprint density at radius 1 is 0.289 bits per heavy atom. The van der Waals surface area contributed by atoms with Crippen LogP contribution in [0.1, 0.15) is 161 Å². The number of anilines is 6. The lowest BCUT2D eigenvalue weighted by atomic mass is 9.85. The lowest BCUT2D eigenvalue weighted by Crippen LogP contribution is -2.18. The van der Waals surface area contributed by atoms with Crippen LogP contribution in [0.4, 0.5) is 131 Å². The molecule has 0 fully saturated rings. The first kappa shape index (κ1) is 91.0. The van der Waals surface area contributed by atoms with E-state index in [1.807, 2.05) is 41.5 Å². The predicted octanol–water partition coefficient (Wildman–Crippen LogP) is 28.1. The van der Waals surface area contributed by atoms with Crippen LogP contribution in [-0.2, 0) is 57.6 Å². The highest BCUT2D eigenvalue weighted by Gasteiger charge is 2.41. The summed E-state index contributed by atoms with van der Waals surface area (Å²) < 4.78 is 295. The van der Waals surface area contributed by atoms with Gasteiger partial charge in [0.2, 0.25) is 0 Å². The van der Waals surface area contributed by atoms with Gasteiger partial charge in [-0.25, -0.2) is 4.39 Å². The highest BCUT2D eigenvalue weighted by molar-refractivity contribution is 5.88. The van der Waals surface area contributed by atoms with E-state index in [0.29, 0.717) is 98.8 Å². The largest absolute Gasteiger partial charge is 0.418 e. The molecule has 0 aliphatic carbocycles. The van der Waals surface area contributed by atoms with Gasteiger partial charge in [-0.3, -0.25) is 14.4 Å². The first-order valence-corrected chi connectivity index (χ1v) is 35.5. The molecule has 0 saturated carbocycles. The van der Waals surface area contributed by atoms with Gasteiger partial charge in [0.1, 0.15) is 23.2 Å². The molecule has 0 bridgehead atoms. The van der Waals surface area contributed by atoms with E-state index < -0.39 is 111 Å². The zero-order valence-electron chi connectivity index (χ0n) is 63.8. The normalized spacial score (nSPS) is 13.2. The molecule has 0 N–H and O–H groups in total. The lowest BCUT2D eigenvalue weighted by molar-refractivity contribution is -0.143. The fourth-order valence-electron chi connectivity index (χ4n) is 12.9. The molecule has 114 heavy (non-hydrogen) atoms. The van der Waals surface area contributed by atoms with E-state index in [9.17, 15) is 111 Å². The van der Waals surface area contributed by atoms with Gasteiger partial charge < -0.3 is 14.7 Å². The summed E-state index contributed by atoms with van der Waals surface area (Å²) in [6.07, 6.45) is -31.8. The van der Waals surface area contributed by atoms with E-state index in [1.54, 1.807) is 43.3 Å². The van der Waals surface area contributed by atoms with Crippen LogP contribution >= 0.6 is 0 Å². The van der Waals surface area contributed by atoms with E-state index in [1.165, 1.54) is 118 Å². The zero-order valence-corrected chi connectivity index (χ0v) is 63.8. The molecule has 3 unspecified atom stereocenters. The summed E-state index contributed by atoms with van der Waals surface area (Å²) in [6.45, 7) is 17.5. The molecule has 0 heterocycles. The SMILES string of the molecule is CC(=O)C(CC(C)C)c1cc(-c2ccc(C(F)(F)F)cc2)cc(N(C)c2cc(C(F)(F)F)cc(C(F)(F)F)c2)c1.CC(=O)C(CC(C)C)c1cc(-c2ccc(C(F)(F)F)cc2)cc(N(C)c2cc(C)ccc2C(F)(F)F)c1.CC(=O)C(CC(C)C)c1cc(-c2ccc(C(F)(F)F)cc2)cc(N(C)c2ccc(F)cc2C(F)(F)F)c1. The third-order valence-corrected chi connectivity index (χ3v) is 18.8. The molecule has 28 heteroatoms. The number of hydrogen-bond donors (Lipinski definition) is 0. The van der Waals surface area contributed by atoms with E-state index in [0.717, 1.165) is 59.5 Å². The van der Waals surface area contributed by atoms with Crippen molar-refractivity contribution in [2.24, 2.45) is 17.8 Å². The number of halogens is 22. The van der Waals surface area contributed by atoms with Gasteiger partial charge in [-0.2, -0.15) is 92.2 Å². The average Bonchev–Trinajstić information content (AvgIpc) is 0.789. The maximum absolute atomic E-state index is 13.8. The molecule has 0 aromatic heterocycles. The molecule has 9 aromatic carbocycles. The van der Waals surface area contributed by atoms with Crippen LogP contribution in [0.25, 0.3) is 33.4 Å². The fourth-order valence-corrected chi connectivity index (χ4v) is 12.9. The van der Waals surface area contributed by atoms with E-state index >= 15 is 0 Å². The molecule has 0 aliphatic heterocycles. The first-order valence-electron chi connectivity index (χ1n) is 35.5. The third-order valence-electron chi connectivity index (χ3n) is 18.8. The Labute approximate surface area is 645 Å². The zero-order chi connectivity index (χ0) is 85.6. The Balaban J connectivity index is 0.000000237. The molecule has 0 spiro atoms. The Hall–Kier alpha value is -10.2. The highest BCUT2D eigenvalue weighted by atomic mass is 19.4. The number of nitrogens with zero attached hydrogens (tertiary/aromatic N) is 3. The minimum absolute atomic E-state index is 0.0236. The number of hydrogen-bond acceptors (Lipinski definition) is 6. The van der Waals surface area contributed by atoms with Gasteiger partial charge in [-0.05, 0) is 242 Å². The van der Waals surface area contributed by atoms with Gasteiger partial charge in [0.25, 0.3) is 0 Å². The van der Waals surface area contributed by atoms with Crippen molar-refractivity contribution in [3.05, 3.63) is 249 Å². The quantitative estimate of drug-likeness (QED) is 0.0668. The number of aryl methyl sites for hydroxylation is 1. The standard InChI is InChI=1S/C29H26F9NO.C29H29F6NO.C28H26F7NO/c1-16(2)9-26(17(3)40)20-10-19(18-5-7-21(8-6-18)27(30,31)32)11-24(12-20)39(4)25-14-22(28(33,34)35)13-23(15-25)29(36,37)38;1-17(2)12-25(19(4)37)22-14-21(20-7-9-23(10-8-20)28(30,31)32)15-24(16-22)36(5)27-13-18(3)6-11-26(27)29(33,34)35;1-16(2)11-24(17(3)37)20-12-19(18-5-7-21(8-6-18)27(30,31)32)13-23(14-20)36(4)26-10-9-22(29)15-25(26)28(33,34)35/h5-8,10-16,26H,9H2,1-4H3;6-11,13-17,25H,12H2,1-5H3;5-10,12-16,24H,11H2,1-4H3. The van der Waals surface area contributed by atoms with Crippen molar-refractivity contribution < 1.29 is 111 Å². The maximum atomic E-state index is 13.8. The van der Waals surface area contributed by atoms with Crippen molar-refractivity contribution in [3.63, 3.8) is 0 Å². The van der Waals surface area contributed by atoms with Crippen LogP contribution < -0.4 is 14.7 Å². The third kappa shape index (κ3) is 24.0. The van der Waals surface area contributed by atoms with Gasteiger partial charge in [0.05, 0.1) is 50.3 Å². The molecular formula is C86H81F22N3O3. The van der Waals surface area contributed by atoms with E-state index in [2.05, 4.69) is 0 Å². The van der Waals surface area contributed by atoms with Gasteiger partial charge in [-0.15, -0.1) is 0 Å². The van der Waals surface area contributed by atoms with Crippen molar-refractivity contribution in [1.29, 1.82) is 0 Å². The van der Waals surface area contributed by atoms with Crippen LogP contribution in [0.3, 0.4) is 0 Å². The molecule has 3 atom stereocenters. The maximum Gasteiger partial charge on any atom is 0.418 e. The van der Waals surface area contributed by atoms with Crippen molar-refractivity contribution in [3.8, 4) is 33.4 Å². The summed E-state index contributed by atoms with van der Waals surface area (Å²) in [7, 11) is 4.16. The van der Waals surface area contributed by atoms with Gasteiger partial charge in [-0.1, -0.05) is 102 Å². The molecule has 9 aromatic rings. The van der Waals surface area contributed by atoms with Gasteiger partial charge in [0.15, 0.2) is 0 Å². The number of alkyl halides is 21. The summed E-state index contributed by atoms with van der Waals surface area (Å²) in [5.74, 6) is -2.91. The van der Waals surface area contributed by atoms with Gasteiger partial charge >= 0.3 is 43.2 Å². The lowest BCUT2D eigenvalue weighted by Gasteiger charge is -2.27. The first-order chi connectivity index (χ1) is 52.4. The molecule has 0 aliphatic rings. The topological polar surface area (TPSA) is 60.9 Å². The number of rotatable bonds is 21. The van der Waals surface area contributed by atoms with Crippen LogP contribution in [0.15, 0.2) is 182 Å². The van der Waals surface area contributed by atoms with E-state index in [4.69, 9.17) is 0 Å². The minimum atomic E-state index is -5.05. The minimum Gasteiger partial charge on any atom is -0.345 e. The molecule has 612 valence electrons. The van der Waals surface area contributed by atoms with E-state index in [-0.39, 0.29) is 63.9 Å². The molecule has 6 nitrogen and oxygen atoms in total. The number of carbonyl (C=O) groups is 3. The van der Waals surface area contributed by atoms with Crippen LogP contribution in [0.2, 0.25) is 0 Å². The molecule has 0 saturated heterocycles. The average molecular weight is 1620 g/mol. The number of ketones is 3. The second-order valence-corrected chi connectivity index (χ2v) is 29.2. The fraction of sp³-hybridized carbons (Fsp3) is 0.337. The predicted molar refractivity (Wildman–Crippen MR) is 397 cm³/mol. The Morgan fingerprint density at radius 2 is 0.579 bits per heavy atom. The smallest absolute Gasteiger partial charge is 0.345 e. The number of carbonyl (C=O) groups excluding carboxylic acids is 3. The van der Waals surface area contributed by atoms with Crippen LogP contribution in [-0.4, -0.2) is 38.5 Å². The second kappa shape index (κ2) is 35.7. The Morgan fingerprint density at radius 3 is 0.860 bits per heavy atom. The summed E-state index contributed by atoms with van der Waals surface area (Å²) in [6, 6.07) is 34.8. The Kier molecular flexibility index (Phi) is 28.5. The van der Waals surface area contributed by atoms with Crippen molar-refractivity contribution in [2.45, 2.75) is 149 Å². The summed E-state index contributed by atoms with van der Waals surface area (Å²) in [5.41, 5.74) is -2.88. The summed E-state index contributed by atoms with van der Waals surface area (Å²) in [5, 5.41) is 0. The van der Waals surface area contributed by atoms with Crippen LogP contribution in [0, 0.1) is 30.5 Å². The Bertz CT molecular complexity index is 4800. The van der Waals surface area contributed by atoms with Crippen molar-refractivity contribution in [2.75, 3.05) is 35.8 Å². The molecular weight excluding hydrogens is 1540 g/mol. The highest BCUT2D eigenvalue weighted by Crippen LogP contribution is 2.47.